The molecule has 0 fully saturated rings. The van der Waals surface area contributed by atoms with Crippen LogP contribution in [0.5, 0.6) is 0 Å². The molecule has 3 heteroatoms. The van der Waals surface area contributed by atoms with Crippen LogP contribution in [0.25, 0.3) is 0 Å². The standard InChI is InChI=1S/C24H50N2O/c1-3-4-5-6-7-8-9-10-11-12-13-14-15-16-17-18-19-20-21-22-24(27)26-23(2)25/h23H,3-22,25H2,1-2H3,(H,26,27). The molecule has 0 bridgehead atoms. The summed E-state index contributed by atoms with van der Waals surface area (Å²) in [6, 6.07) is 0. The maximum atomic E-state index is 11.4. The predicted molar refractivity (Wildman–Crippen MR) is 120 cm³/mol. The van der Waals surface area contributed by atoms with E-state index in [2.05, 4.69) is 12.2 Å². The summed E-state index contributed by atoms with van der Waals surface area (Å²) in [7, 11) is 0. The Hall–Kier alpha value is -0.570. The van der Waals surface area contributed by atoms with Gasteiger partial charge in [0.15, 0.2) is 0 Å². The highest BCUT2D eigenvalue weighted by atomic mass is 16.1. The zero-order valence-corrected chi connectivity index (χ0v) is 18.7. The van der Waals surface area contributed by atoms with Crippen molar-refractivity contribution < 1.29 is 4.79 Å². The van der Waals surface area contributed by atoms with E-state index in [1.165, 1.54) is 116 Å². The average Bonchev–Trinajstić information content (AvgIpc) is 2.63. The highest BCUT2D eigenvalue weighted by Gasteiger charge is 2.02. The highest BCUT2D eigenvalue weighted by molar-refractivity contribution is 5.75. The number of carbonyl (C=O) groups excluding carboxylic acids is 1. The van der Waals surface area contributed by atoms with Crippen molar-refractivity contribution in [2.24, 2.45) is 5.73 Å². The van der Waals surface area contributed by atoms with Gasteiger partial charge in [-0.3, -0.25) is 4.79 Å². The average molecular weight is 383 g/mol. The lowest BCUT2D eigenvalue weighted by atomic mass is 10.0. The van der Waals surface area contributed by atoms with Gasteiger partial charge in [-0.05, 0) is 13.3 Å². The van der Waals surface area contributed by atoms with Crippen LogP contribution in [0.1, 0.15) is 142 Å². The maximum Gasteiger partial charge on any atom is 0.221 e. The molecule has 0 aliphatic heterocycles. The molecule has 1 atom stereocenters. The molecule has 0 aromatic carbocycles. The van der Waals surface area contributed by atoms with E-state index >= 15 is 0 Å². The van der Waals surface area contributed by atoms with Gasteiger partial charge in [-0.2, -0.15) is 0 Å². The van der Waals surface area contributed by atoms with Crippen molar-refractivity contribution in [2.75, 3.05) is 0 Å². The molecule has 0 heterocycles. The Morgan fingerprint density at radius 1 is 0.630 bits per heavy atom. The minimum Gasteiger partial charge on any atom is -0.341 e. The SMILES string of the molecule is CCCCCCCCCCCCCCCCCCCCCC(=O)NC(C)N. The molecule has 0 spiro atoms. The first kappa shape index (κ1) is 26.4. The maximum absolute atomic E-state index is 11.4. The molecule has 3 N–H and O–H groups in total. The molecule has 162 valence electrons. The Kier molecular flexibility index (Phi) is 21.3. The zero-order chi connectivity index (χ0) is 20.0. The number of nitrogens with one attached hydrogen (secondary N) is 1. The van der Waals surface area contributed by atoms with E-state index in [9.17, 15) is 4.79 Å². The van der Waals surface area contributed by atoms with Crippen molar-refractivity contribution in [3.63, 3.8) is 0 Å². The third kappa shape index (κ3) is 23.4. The molecular weight excluding hydrogens is 332 g/mol. The third-order valence-electron chi connectivity index (χ3n) is 5.40. The molecule has 1 unspecified atom stereocenters. The summed E-state index contributed by atoms with van der Waals surface area (Å²) in [5.41, 5.74) is 5.54. The van der Waals surface area contributed by atoms with Gasteiger partial charge in [0.1, 0.15) is 0 Å². The number of hydrogen-bond acceptors (Lipinski definition) is 2. The van der Waals surface area contributed by atoms with Gasteiger partial charge in [-0.25, -0.2) is 0 Å². The fourth-order valence-electron chi connectivity index (χ4n) is 3.69. The smallest absolute Gasteiger partial charge is 0.221 e. The lowest BCUT2D eigenvalue weighted by molar-refractivity contribution is -0.121. The van der Waals surface area contributed by atoms with Crippen LogP contribution in [-0.4, -0.2) is 12.1 Å². The summed E-state index contributed by atoms with van der Waals surface area (Å²) in [4.78, 5) is 11.4. The number of nitrogens with two attached hydrogens (primary N) is 1. The minimum absolute atomic E-state index is 0.0944. The number of carbonyl (C=O) groups is 1. The van der Waals surface area contributed by atoms with Gasteiger partial charge >= 0.3 is 0 Å². The van der Waals surface area contributed by atoms with Crippen LogP contribution >= 0.6 is 0 Å². The molecule has 0 aliphatic rings. The summed E-state index contributed by atoms with van der Waals surface area (Å²) in [6.07, 6.45) is 26.6. The zero-order valence-electron chi connectivity index (χ0n) is 18.7. The Bertz CT molecular complexity index is 305. The second-order valence-corrected chi connectivity index (χ2v) is 8.47. The van der Waals surface area contributed by atoms with Gasteiger partial charge in [0.25, 0.3) is 0 Å². The first-order valence-corrected chi connectivity index (χ1v) is 12.2. The molecular formula is C24H50N2O. The second kappa shape index (κ2) is 21.7. The quantitative estimate of drug-likeness (QED) is 0.162. The largest absolute Gasteiger partial charge is 0.341 e. The van der Waals surface area contributed by atoms with E-state index in [0.29, 0.717) is 6.42 Å². The predicted octanol–water partition coefficient (Wildman–Crippen LogP) is 7.23. The number of amides is 1. The van der Waals surface area contributed by atoms with E-state index in [4.69, 9.17) is 5.73 Å². The van der Waals surface area contributed by atoms with Crippen molar-refractivity contribution in [3.05, 3.63) is 0 Å². The third-order valence-corrected chi connectivity index (χ3v) is 5.40. The van der Waals surface area contributed by atoms with Gasteiger partial charge < -0.3 is 11.1 Å². The summed E-state index contributed by atoms with van der Waals surface area (Å²) >= 11 is 0. The van der Waals surface area contributed by atoms with E-state index in [-0.39, 0.29) is 12.1 Å². The monoisotopic (exact) mass is 382 g/mol. The molecule has 0 rings (SSSR count). The molecule has 0 aliphatic carbocycles. The van der Waals surface area contributed by atoms with E-state index < -0.39 is 0 Å². The molecule has 0 aromatic heterocycles. The van der Waals surface area contributed by atoms with Crippen LogP contribution in [0.15, 0.2) is 0 Å². The Morgan fingerprint density at radius 3 is 1.22 bits per heavy atom. The van der Waals surface area contributed by atoms with Gasteiger partial charge in [0.05, 0.1) is 6.17 Å². The van der Waals surface area contributed by atoms with Crippen molar-refractivity contribution in [1.82, 2.24) is 5.32 Å². The van der Waals surface area contributed by atoms with Crippen molar-refractivity contribution in [3.8, 4) is 0 Å². The molecule has 0 radical (unpaired) electrons. The van der Waals surface area contributed by atoms with Crippen molar-refractivity contribution in [2.45, 2.75) is 148 Å². The molecule has 27 heavy (non-hydrogen) atoms. The summed E-state index contributed by atoms with van der Waals surface area (Å²) in [5.74, 6) is 0.0944. The van der Waals surface area contributed by atoms with Crippen LogP contribution in [0.4, 0.5) is 0 Å². The number of hydrogen-bond donors (Lipinski definition) is 2. The lowest BCUT2D eigenvalue weighted by Gasteiger charge is -2.07. The number of rotatable bonds is 21. The van der Waals surface area contributed by atoms with Gasteiger partial charge in [-0.15, -0.1) is 0 Å². The van der Waals surface area contributed by atoms with Crippen LogP contribution in [0.2, 0.25) is 0 Å². The van der Waals surface area contributed by atoms with Gasteiger partial charge in [0, 0.05) is 6.42 Å². The second-order valence-electron chi connectivity index (χ2n) is 8.47. The first-order valence-electron chi connectivity index (χ1n) is 12.2. The lowest BCUT2D eigenvalue weighted by Crippen LogP contribution is -2.38. The summed E-state index contributed by atoms with van der Waals surface area (Å²) in [5, 5.41) is 2.74. The van der Waals surface area contributed by atoms with Crippen LogP contribution in [-0.2, 0) is 4.79 Å². The fraction of sp³-hybridized carbons (Fsp3) is 0.958. The molecule has 3 nitrogen and oxygen atoms in total. The molecule has 1 amide bonds. The summed E-state index contributed by atoms with van der Waals surface area (Å²) in [6.45, 7) is 4.09. The summed E-state index contributed by atoms with van der Waals surface area (Å²) < 4.78 is 0. The Balaban J connectivity index is 3.06. The topological polar surface area (TPSA) is 55.1 Å². The van der Waals surface area contributed by atoms with E-state index in [1.807, 2.05) is 0 Å². The van der Waals surface area contributed by atoms with E-state index in [0.717, 1.165) is 6.42 Å². The normalized spacial score (nSPS) is 12.3. The molecule has 0 saturated carbocycles. The van der Waals surface area contributed by atoms with Crippen LogP contribution in [0.3, 0.4) is 0 Å². The van der Waals surface area contributed by atoms with Crippen molar-refractivity contribution >= 4 is 5.91 Å². The van der Waals surface area contributed by atoms with Gasteiger partial charge in [0.2, 0.25) is 5.91 Å². The Labute approximate surface area is 170 Å². The highest BCUT2D eigenvalue weighted by Crippen LogP contribution is 2.14. The fourth-order valence-corrected chi connectivity index (χ4v) is 3.69. The Morgan fingerprint density at radius 2 is 0.926 bits per heavy atom. The number of unbranched alkanes of at least 4 members (excludes halogenated alkanes) is 18. The first-order chi connectivity index (χ1) is 13.2. The minimum atomic E-state index is -0.224. The molecule has 0 saturated heterocycles. The van der Waals surface area contributed by atoms with Crippen molar-refractivity contribution in [1.29, 1.82) is 0 Å². The van der Waals surface area contributed by atoms with E-state index in [1.54, 1.807) is 6.92 Å². The van der Waals surface area contributed by atoms with Gasteiger partial charge in [-0.1, -0.05) is 122 Å². The van der Waals surface area contributed by atoms with Crippen LogP contribution < -0.4 is 11.1 Å². The van der Waals surface area contributed by atoms with Crippen LogP contribution in [0, 0.1) is 0 Å². The molecule has 0 aromatic rings.